The number of fused-ring (bicyclic) bond motifs is 2. The molecule has 1 amide bonds. The maximum atomic E-state index is 13.0. The van der Waals surface area contributed by atoms with Crippen LogP contribution in [-0.2, 0) is 37.4 Å². The van der Waals surface area contributed by atoms with Gasteiger partial charge in [-0.25, -0.2) is 4.98 Å². The maximum Gasteiger partial charge on any atom is 0.433 e. The average Bonchev–Trinajstić information content (AvgIpc) is 3.04. The van der Waals surface area contributed by atoms with Crippen LogP contribution in [0.4, 0.5) is 24.7 Å². The first kappa shape index (κ1) is 21.1. The summed E-state index contributed by atoms with van der Waals surface area (Å²) in [4.78, 5) is 19.1. The van der Waals surface area contributed by atoms with Gasteiger partial charge in [-0.15, -0.1) is 0 Å². The highest BCUT2D eigenvalue weighted by atomic mass is 19.4. The van der Waals surface area contributed by atoms with Crippen LogP contribution in [0.15, 0.2) is 12.3 Å². The number of carbonyl (C=O) groups is 1. The van der Waals surface area contributed by atoms with Gasteiger partial charge in [0, 0.05) is 44.7 Å². The molecule has 2 aromatic rings. The second kappa shape index (κ2) is 8.04. The maximum absolute atomic E-state index is 13.0. The van der Waals surface area contributed by atoms with Crippen molar-refractivity contribution < 1.29 is 18.0 Å². The van der Waals surface area contributed by atoms with E-state index < -0.39 is 11.9 Å². The molecule has 0 spiro atoms. The van der Waals surface area contributed by atoms with Crippen molar-refractivity contribution in [3.63, 3.8) is 0 Å². The summed E-state index contributed by atoms with van der Waals surface area (Å²) in [5, 5.41) is 4.63. The minimum absolute atomic E-state index is 0.00554. The molecule has 0 saturated heterocycles. The zero-order valence-electron chi connectivity index (χ0n) is 17.2. The van der Waals surface area contributed by atoms with Crippen LogP contribution in [0.5, 0.6) is 0 Å². The predicted molar refractivity (Wildman–Crippen MR) is 104 cm³/mol. The van der Waals surface area contributed by atoms with E-state index in [9.17, 15) is 18.0 Å². The van der Waals surface area contributed by atoms with Gasteiger partial charge in [0.15, 0.2) is 5.82 Å². The Bertz CT molecular complexity index is 906. The molecule has 0 unspecified atom stereocenters. The number of aryl methyl sites for hydroxylation is 2. The highest BCUT2D eigenvalue weighted by Crippen LogP contribution is 2.39. The molecule has 2 aliphatic heterocycles. The lowest BCUT2D eigenvalue weighted by Crippen LogP contribution is -2.35. The van der Waals surface area contributed by atoms with Crippen molar-refractivity contribution in [2.75, 3.05) is 18.0 Å². The van der Waals surface area contributed by atoms with E-state index >= 15 is 0 Å². The van der Waals surface area contributed by atoms with Crippen LogP contribution in [0.3, 0.4) is 0 Å². The molecule has 158 valence electrons. The van der Waals surface area contributed by atoms with Gasteiger partial charge in [0.25, 0.3) is 0 Å². The Labute approximate surface area is 168 Å². The molecule has 0 radical (unpaired) electrons. The Balaban J connectivity index is 0.00000117. The minimum Gasteiger partial charge on any atom is -0.338 e. The number of nitrogens with zero attached hydrogens (tertiary/aromatic N) is 5. The summed E-state index contributed by atoms with van der Waals surface area (Å²) >= 11 is 0. The molecule has 0 atom stereocenters. The number of aromatic nitrogens is 3. The van der Waals surface area contributed by atoms with Crippen molar-refractivity contribution >= 4 is 17.4 Å². The fraction of sp³-hybridized carbons (Fsp3) is 0.550. The molecule has 0 fully saturated rings. The summed E-state index contributed by atoms with van der Waals surface area (Å²) < 4.78 is 40.8. The fourth-order valence-corrected chi connectivity index (χ4v) is 3.91. The van der Waals surface area contributed by atoms with Crippen LogP contribution < -0.4 is 4.90 Å². The number of halogens is 3. The third kappa shape index (κ3) is 3.95. The Kier molecular flexibility index (Phi) is 5.86. The monoisotopic (exact) mass is 409 g/mol. The van der Waals surface area contributed by atoms with E-state index in [4.69, 9.17) is 0 Å². The van der Waals surface area contributed by atoms with Crippen LogP contribution in [0.25, 0.3) is 0 Å². The third-order valence-corrected chi connectivity index (χ3v) is 5.30. The Morgan fingerprint density at radius 1 is 1.17 bits per heavy atom. The Morgan fingerprint density at radius 2 is 1.90 bits per heavy atom. The number of alkyl halides is 3. The summed E-state index contributed by atoms with van der Waals surface area (Å²) in [7, 11) is 1.86. The molecular formula is C20H26F3N5O. The molecule has 2 aromatic heterocycles. The van der Waals surface area contributed by atoms with Crippen molar-refractivity contribution in [2.24, 2.45) is 7.05 Å². The molecular weight excluding hydrogens is 383 g/mol. The number of anilines is 2. The van der Waals surface area contributed by atoms with Crippen LogP contribution >= 0.6 is 0 Å². The van der Waals surface area contributed by atoms with E-state index in [0.29, 0.717) is 49.5 Å². The van der Waals surface area contributed by atoms with Crippen LogP contribution in [-0.4, -0.2) is 38.7 Å². The lowest BCUT2D eigenvalue weighted by Gasteiger charge is -2.32. The molecule has 2 aliphatic rings. The topological polar surface area (TPSA) is 54.3 Å². The van der Waals surface area contributed by atoms with Crippen LogP contribution in [0.2, 0.25) is 0 Å². The average molecular weight is 409 g/mol. The SMILES string of the molecule is CC.CC(=O)N1CCc2c(c(N3CCCc4cc(C(F)(F)F)ncc43)nn2C)C1. The van der Waals surface area contributed by atoms with E-state index in [2.05, 4.69) is 10.1 Å². The van der Waals surface area contributed by atoms with Gasteiger partial charge < -0.3 is 9.80 Å². The standard InChI is InChI=1S/C18H20F3N5O.C2H6/c1-11(27)25-7-5-14-13(10-25)17(23-24(14)2)26-6-3-4-12-8-16(18(19,20)21)22-9-15(12)26;1-2/h8-9H,3-7,10H2,1-2H3;1-2H3. The zero-order chi connectivity index (χ0) is 21.3. The number of hydrogen-bond donors (Lipinski definition) is 0. The summed E-state index contributed by atoms with van der Waals surface area (Å²) in [6.07, 6.45) is -1.14. The molecule has 6 nitrogen and oxygen atoms in total. The second-order valence-electron chi connectivity index (χ2n) is 7.01. The van der Waals surface area contributed by atoms with Gasteiger partial charge in [-0.2, -0.15) is 18.3 Å². The van der Waals surface area contributed by atoms with Gasteiger partial charge in [-0.05, 0) is 24.5 Å². The number of hydrogen-bond acceptors (Lipinski definition) is 4. The summed E-state index contributed by atoms with van der Waals surface area (Å²) in [5.74, 6) is 0.715. The molecule has 4 heterocycles. The van der Waals surface area contributed by atoms with E-state index in [0.717, 1.165) is 23.7 Å². The van der Waals surface area contributed by atoms with Gasteiger partial charge in [-0.1, -0.05) is 13.8 Å². The van der Waals surface area contributed by atoms with Crippen molar-refractivity contribution in [1.29, 1.82) is 0 Å². The molecule has 4 rings (SSSR count). The first-order valence-electron chi connectivity index (χ1n) is 9.89. The first-order chi connectivity index (χ1) is 13.8. The highest BCUT2D eigenvalue weighted by Gasteiger charge is 2.35. The number of carbonyl (C=O) groups excluding carboxylic acids is 1. The molecule has 0 bridgehead atoms. The second-order valence-corrected chi connectivity index (χ2v) is 7.01. The van der Waals surface area contributed by atoms with Crippen LogP contribution in [0.1, 0.15) is 49.7 Å². The van der Waals surface area contributed by atoms with Crippen molar-refractivity contribution in [2.45, 2.75) is 52.8 Å². The lowest BCUT2D eigenvalue weighted by atomic mass is 10.0. The van der Waals surface area contributed by atoms with Crippen molar-refractivity contribution in [3.05, 3.63) is 34.8 Å². The number of rotatable bonds is 1. The molecule has 0 aliphatic carbocycles. The smallest absolute Gasteiger partial charge is 0.338 e. The van der Waals surface area contributed by atoms with Crippen molar-refractivity contribution in [3.8, 4) is 0 Å². The molecule has 9 heteroatoms. The normalized spacial score (nSPS) is 16.0. The van der Waals surface area contributed by atoms with Crippen molar-refractivity contribution in [1.82, 2.24) is 19.7 Å². The predicted octanol–water partition coefficient (Wildman–Crippen LogP) is 3.85. The largest absolute Gasteiger partial charge is 0.433 e. The van der Waals surface area contributed by atoms with E-state index in [-0.39, 0.29) is 5.91 Å². The van der Waals surface area contributed by atoms with E-state index in [1.54, 1.807) is 11.8 Å². The third-order valence-electron chi connectivity index (χ3n) is 5.30. The van der Waals surface area contributed by atoms with Crippen LogP contribution in [0, 0.1) is 0 Å². The van der Waals surface area contributed by atoms with Gasteiger partial charge in [0.1, 0.15) is 5.69 Å². The highest BCUT2D eigenvalue weighted by molar-refractivity contribution is 5.75. The quantitative estimate of drug-likeness (QED) is 0.718. The Hall–Kier alpha value is -2.58. The molecule has 0 aromatic carbocycles. The zero-order valence-corrected chi connectivity index (χ0v) is 17.2. The number of amides is 1. The number of pyridine rings is 1. The van der Waals surface area contributed by atoms with Gasteiger partial charge in [-0.3, -0.25) is 9.48 Å². The molecule has 29 heavy (non-hydrogen) atoms. The minimum atomic E-state index is -4.45. The summed E-state index contributed by atoms with van der Waals surface area (Å²) in [6, 6.07) is 1.14. The fourth-order valence-electron chi connectivity index (χ4n) is 3.91. The van der Waals surface area contributed by atoms with E-state index in [1.165, 1.54) is 6.20 Å². The Morgan fingerprint density at radius 3 is 2.55 bits per heavy atom. The molecule has 0 saturated carbocycles. The van der Waals surface area contributed by atoms with Gasteiger partial charge >= 0.3 is 6.18 Å². The van der Waals surface area contributed by atoms with Gasteiger partial charge in [0.2, 0.25) is 5.91 Å². The molecule has 0 N–H and O–H groups in total. The summed E-state index contributed by atoms with van der Waals surface area (Å²) in [5.41, 5.74) is 2.45. The first-order valence-corrected chi connectivity index (χ1v) is 9.89. The van der Waals surface area contributed by atoms with E-state index in [1.807, 2.05) is 30.5 Å². The lowest BCUT2D eigenvalue weighted by molar-refractivity contribution is -0.141. The summed E-state index contributed by atoms with van der Waals surface area (Å²) in [6.45, 7) is 7.31. The van der Waals surface area contributed by atoms with Gasteiger partial charge in [0.05, 0.1) is 18.4 Å².